The first-order valence-corrected chi connectivity index (χ1v) is 11.3. The van der Waals surface area contributed by atoms with Crippen LogP contribution in [0.25, 0.3) is 0 Å². The molecule has 0 bridgehead atoms. The summed E-state index contributed by atoms with van der Waals surface area (Å²) < 4.78 is 11.7. The Balaban J connectivity index is 1.85. The number of hydrogen-bond donors (Lipinski definition) is 1. The Morgan fingerprint density at radius 2 is 1.58 bits per heavy atom. The van der Waals surface area contributed by atoms with Crippen LogP contribution >= 0.6 is 46.4 Å². The molecule has 0 spiro atoms. The standard InChI is InChI=1S/C24H19Cl4FN2O2/c1-24(27,28)21(15-10-16(25)13-17(26)11-15)22(32)30-19-5-3-4-14(12-19)23(33)31(2)20-8-6-18(29)7-9-20/h3-13,21H,1-2H3,(H,30,32). The number of nitrogens with one attached hydrogen (secondary N) is 1. The maximum absolute atomic E-state index is 13.2. The van der Waals surface area contributed by atoms with E-state index in [1.165, 1.54) is 48.2 Å². The molecule has 2 amide bonds. The number of alkyl halides is 2. The van der Waals surface area contributed by atoms with Crippen molar-refractivity contribution < 1.29 is 14.0 Å². The molecule has 172 valence electrons. The fourth-order valence-corrected chi connectivity index (χ4v) is 4.33. The van der Waals surface area contributed by atoms with Crippen LogP contribution in [-0.2, 0) is 4.79 Å². The van der Waals surface area contributed by atoms with Gasteiger partial charge in [0.05, 0.1) is 5.92 Å². The molecule has 0 radical (unpaired) electrons. The van der Waals surface area contributed by atoms with Gasteiger partial charge in [-0.05, 0) is 73.2 Å². The highest BCUT2D eigenvalue weighted by atomic mass is 35.5. The minimum Gasteiger partial charge on any atom is -0.325 e. The molecule has 9 heteroatoms. The first-order valence-electron chi connectivity index (χ1n) is 9.74. The van der Waals surface area contributed by atoms with Crippen molar-refractivity contribution in [3.8, 4) is 0 Å². The second-order valence-electron chi connectivity index (χ2n) is 7.50. The molecule has 0 heterocycles. The normalized spacial score (nSPS) is 12.2. The average molecular weight is 528 g/mol. The van der Waals surface area contributed by atoms with Crippen LogP contribution in [0.3, 0.4) is 0 Å². The molecule has 33 heavy (non-hydrogen) atoms. The third-order valence-electron chi connectivity index (χ3n) is 4.88. The molecule has 3 aromatic carbocycles. The maximum Gasteiger partial charge on any atom is 0.258 e. The number of amides is 2. The molecule has 0 aliphatic rings. The molecule has 1 atom stereocenters. The molecular formula is C24H19Cl4FN2O2. The van der Waals surface area contributed by atoms with Crippen molar-refractivity contribution in [1.82, 2.24) is 0 Å². The van der Waals surface area contributed by atoms with Crippen LogP contribution in [0, 0.1) is 5.82 Å². The Hall–Kier alpha value is -2.31. The summed E-state index contributed by atoms with van der Waals surface area (Å²) in [5.74, 6) is -2.24. The highest BCUT2D eigenvalue weighted by Gasteiger charge is 2.37. The Kier molecular flexibility index (Phi) is 7.91. The van der Waals surface area contributed by atoms with Crippen molar-refractivity contribution in [2.24, 2.45) is 0 Å². The van der Waals surface area contributed by atoms with Crippen LogP contribution in [0.15, 0.2) is 66.7 Å². The number of hydrogen-bond acceptors (Lipinski definition) is 2. The van der Waals surface area contributed by atoms with Crippen molar-refractivity contribution in [2.45, 2.75) is 17.2 Å². The number of benzene rings is 3. The van der Waals surface area contributed by atoms with Crippen LogP contribution in [-0.4, -0.2) is 23.2 Å². The first kappa shape index (κ1) is 25.3. The Bertz CT molecular complexity index is 1160. The zero-order valence-corrected chi connectivity index (χ0v) is 20.6. The van der Waals surface area contributed by atoms with Gasteiger partial charge in [0.15, 0.2) is 0 Å². The molecule has 4 nitrogen and oxygen atoms in total. The van der Waals surface area contributed by atoms with E-state index < -0.39 is 22.0 Å². The number of carbonyl (C=O) groups excluding carboxylic acids is 2. The van der Waals surface area contributed by atoms with E-state index in [-0.39, 0.29) is 5.91 Å². The van der Waals surface area contributed by atoms with Crippen molar-refractivity contribution in [3.05, 3.63) is 93.7 Å². The van der Waals surface area contributed by atoms with Crippen LogP contribution < -0.4 is 10.2 Å². The number of nitrogens with zero attached hydrogens (tertiary/aromatic N) is 1. The van der Waals surface area contributed by atoms with E-state index in [0.29, 0.717) is 32.5 Å². The summed E-state index contributed by atoms with van der Waals surface area (Å²) in [6.45, 7) is 1.49. The summed E-state index contributed by atoms with van der Waals surface area (Å²) in [7, 11) is 1.58. The number of carbonyl (C=O) groups is 2. The van der Waals surface area contributed by atoms with Gasteiger partial charge in [-0.15, -0.1) is 23.2 Å². The van der Waals surface area contributed by atoms with E-state index in [0.717, 1.165) is 0 Å². The maximum atomic E-state index is 13.2. The highest BCUT2D eigenvalue weighted by molar-refractivity contribution is 6.50. The molecule has 3 aromatic rings. The van der Waals surface area contributed by atoms with Gasteiger partial charge in [0.25, 0.3) is 5.91 Å². The summed E-state index contributed by atoms with van der Waals surface area (Å²) in [6, 6.07) is 16.6. The number of halogens is 5. The minimum absolute atomic E-state index is 0.321. The lowest BCUT2D eigenvalue weighted by molar-refractivity contribution is -0.117. The van der Waals surface area contributed by atoms with Crippen molar-refractivity contribution >= 4 is 69.6 Å². The molecule has 0 saturated carbocycles. The summed E-state index contributed by atoms with van der Waals surface area (Å²) in [5, 5.41) is 3.43. The number of anilines is 2. The molecule has 0 fully saturated rings. The molecule has 0 aromatic heterocycles. The van der Waals surface area contributed by atoms with Crippen molar-refractivity contribution in [3.63, 3.8) is 0 Å². The Morgan fingerprint density at radius 3 is 2.15 bits per heavy atom. The zero-order chi connectivity index (χ0) is 24.3. The van der Waals surface area contributed by atoms with Gasteiger partial charge in [-0.1, -0.05) is 29.3 Å². The fourth-order valence-electron chi connectivity index (χ4n) is 3.34. The minimum atomic E-state index is -1.48. The van der Waals surface area contributed by atoms with Gasteiger partial charge in [-0.25, -0.2) is 4.39 Å². The second kappa shape index (κ2) is 10.3. The Labute approximate surface area is 211 Å². The number of rotatable bonds is 6. The topological polar surface area (TPSA) is 49.4 Å². The van der Waals surface area contributed by atoms with Gasteiger partial charge in [-0.2, -0.15) is 0 Å². The molecule has 0 aliphatic heterocycles. The Morgan fingerprint density at radius 1 is 0.970 bits per heavy atom. The fraction of sp³-hybridized carbons (Fsp3) is 0.167. The van der Waals surface area contributed by atoms with Gasteiger partial charge >= 0.3 is 0 Å². The van der Waals surface area contributed by atoms with Gasteiger partial charge in [0, 0.05) is 34.0 Å². The smallest absolute Gasteiger partial charge is 0.258 e. The van der Waals surface area contributed by atoms with E-state index in [1.54, 1.807) is 37.4 Å². The quantitative estimate of drug-likeness (QED) is 0.341. The molecule has 1 N–H and O–H groups in total. The van der Waals surface area contributed by atoms with E-state index >= 15 is 0 Å². The van der Waals surface area contributed by atoms with Gasteiger partial charge in [0.1, 0.15) is 10.2 Å². The van der Waals surface area contributed by atoms with Crippen molar-refractivity contribution in [1.29, 1.82) is 0 Å². The first-order chi connectivity index (χ1) is 15.5. The zero-order valence-electron chi connectivity index (χ0n) is 17.6. The molecule has 0 saturated heterocycles. The summed E-state index contributed by atoms with van der Waals surface area (Å²) >= 11 is 24.8. The second-order valence-corrected chi connectivity index (χ2v) is 10.1. The van der Waals surface area contributed by atoms with E-state index in [2.05, 4.69) is 5.32 Å². The molecular weight excluding hydrogens is 509 g/mol. The van der Waals surface area contributed by atoms with E-state index in [9.17, 15) is 14.0 Å². The monoisotopic (exact) mass is 526 g/mol. The predicted octanol–water partition coefficient (Wildman–Crippen LogP) is 7.33. The van der Waals surface area contributed by atoms with Gasteiger partial charge in [-0.3, -0.25) is 9.59 Å². The SMILES string of the molecule is CN(C(=O)c1cccc(NC(=O)C(c2cc(Cl)cc(Cl)c2)C(C)(Cl)Cl)c1)c1ccc(F)cc1. The third kappa shape index (κ3) is 6.39. The van der Waals surface area contributed by atoms with Crippen LogP contribution in [0.4, 0.5) is 15.8 Å². The summed E-state index contributed by atoms with van der Waals surface area (Å²) in [6.07, 6.45) is 0. The molecule has 0 aliphatic carbocycles. The van der Waals surface area contributed by atoms with Crippen LogP contribution in [0.1, 0.15) is 28.8 Å². The lowest BCUT2D eigenvalue weighted by atomic mass is 9.94. The third-order valence-corrected chi connectivity index (χ3v) is 5.76. The lowest BCUT2D eigenvalue weighted by Gasteiger charge is -2.26. The summed E-state index contributed by atoms with van der Waals surface area (Å²) in [5.41, 5.74) is 1.66. The van der Waals surface area contributed by atoms with E-state index in [1.807, 2.05) is 0 Å². The lowest BCUT2D eigenvalue weighted by Crippen LogP contribution is -2.32. The van der Waals surface area contributed by atoms with Gasteiger partial charge in [0.2, 0.25) is 5.91 Å². The van der Waals surface area contributed by atoms with Crippen molar-refractivity contribution in [2.75, 3.05) is 17.3 Å². The largest absolute Gasteiger partial charge is 0.325 e. The van der Waals surface area contributed by atoms with Crippen LogP contribution in [0.5, 0.6) is 0 Å². The average Bonchev–Trinajstić information content (AvgIpc) is 2.71. The molecule has 3 rings (SSSR count). The van der Waals surface area contributed by atoms with E-state index in [4.69, 9.17) is 46.4 Å². The van der Waals surface area contributed by atoms with Crippen LogP contribution in [0.2, 0.25) is 10.0 Å². The predicted molar refractivity (Wildman–Crippen MR) is 134 cm³/mol. The molecule has 1 unspecified atom stereocenters. The highest BCUT2D eigenvalue weighted by Crippen LogP contribution is 2.40. The van der Waals surface area contributed by atoms with Gasteiger partial charge < -0.3 is 10.2 Å². The summed E-state index contributed by atoms with van der Waals surface area (Å²) in [4.78, 5) is 27.4.